The highest BCUT2D eigenvalue weighted by Crippen LogP contribution is 2.17. The molecule has 0 unspecified atom stereocenters. The molecule has 0 aliphatic carbocycles. The molecule has 25 heavy (non-hydrogen) atoms. The Labute approximate surface area is 149 Å². The highest BCUT2D eigenvalue weighted by atomic mass is 32.2. The highest BCUT2D eigenvalue weighted by molar-refractivity contribution is 7.89. The lowest BCUT2D eigenvalue weighted by molar-refractivity contribution is -0.122. The highest BCUT2D eigenvalue weighted by Gasteiger charge is 2.23. The fraction of sp³-hybridized carbons (Fsp3) is 0.529. The number of carbonyl (C=O) groups is 2. The average molecular weight is 369 g/mol. The van der Waals surface area contributed by atoms with Crippen molar-refractivity contribution in [1.29, 1.82) is 0 Å². The Morgan fingerprint density at radius 2 is 1.76 bits per heavy atom. The molecule has 0 aliphatic heterocycles. The van der Waals surface area contributed by atoms with Gasteiger partial charge in [0.15, 0.2) is 0 Å². The van der Waals surface area contributed by atoms with E-state index < -0.39 is 15.9 Å². The molecular weight excluding hydrogens is 342 g/mol. The number of nitrogens with zero attached hydrogens (tertiary/aromatic N) is 1. The quantitative estimate of drug-likeness (QED) is 0.713. The smallest absolute Gasteiger partial charge is 0.243 e. The summed E-state index contributed by atoms with van der Waals surface area (Å²) in [5, 5.41) is 5.27. The number of carbonyl (C=O) groups excluding carboxylic acids is 2. The number of benzene rings is 1. The molecule has 2 N–H and O–H groups in total. The predicted octanol–water partition coefficient (Wildman–Crippen LogP) is 0.955. The number of rotatable bonds is 8. The molecule has 0 aliphatic rings. The van der Waals surface area contributed by atoms with E-state index in [0.29, 0.717) is 0 Å². The van der Waals surface area contributed by atoms with Crippen LogP contribution in [0.2, 0.25) is 0 Å². The van der Waals surface area contributed by atoms with Gasteiger partial charge in [0.2, 0.25) is 21.8 Å². The Balaban J connectivity index is 2.59. The lowest BCUT2D eigenvalue weighted by atomic mass is 10.1. The molecule has 1 aromatic carbocycles. The molecule has 7 nitrogen and oxygen atoms in total. The van der Waals surface area contributed by atoms with Crippen LogP contribution in [0.25, 0.3) is 0 Å². The first-order valence-electron chi connectivity index (χ1n) is 8.13. The molecule has 0 atom stereocenters. The van der Waals surface area contributed by atoms with Gasteiger partial charge in [-0.25, -0.2) is 8.42 Å². The zero-order valence-electron chi connectivity index (χ0n) is 15.4. The van der Waals surface area contributed by atoms with E-state index in [1.165, 1.54) is 13.1 Å². The Kier molecular flexibility index (Phi) is 7.57. The van der Waals surface area contributed by atoms with Crippen LogP contribution in [0.15, 0.2) is 23.1 Å². The predicted molar refractivity (Wildman–Crippen MR) is 96.6 cm³/mol. The van der Waals surface area contributed by atoms with Gasteiger partial charge in [-0.2, -0.15) is 4.31 Å². The summed E-state index contributed by atoms with van der Waals surface area (Å²) in [5.41, 5.74) is 1.87. The minimum absolute atomic E-state index is 0.0393. The van der Waals surface area contributed by atoms with Gasteiger partial charge in [0.1, 0.15) is 0 Å². The van der Waals surface area contributed by atoms with Crippen molar-refractivity contribution in [2.24, 2.45) is 0 Å². The SMILES string of the molecule is Cc1ccc(S(=O)(=O)N(C)CC(=O)NCCC(=O)NC(C)C)cc1C. The first-order valence-corrected chi connectivity index (χ1v) is 9.57. The summed E-state index contributed by atoms with van der Waals surface area (Å²) < 4.78 is 26.0. The van der Waals surface area contributed by atoms with E-state index >= 15 is 0 Å². The molecule has 140 valence electrons. The third-order valence-electron chi connectivity index (χ3n) is 3.68. The molecule has 0 spiro atoms. The monoisotopic (exact) mass is 369 g/mol. The summed E-state index contributed by atoms with van der Waals surface area (Å²) >= 11 is 0. The van der Waals surface area contributed by atoms with E-state index in [1.807, 2.05) is 27.7 Å². The number of hydrogen-bond donors (Lipinski definition) is 2. The fourth-order valence-electron chi connectivity index (χ4n) is 2.11. The largest absolute Gasteiger partial charge is 0.354 e. The summed E-state index contributed by atoms with van der Waals surface area (Å²) in [6.45, 7) is 7.30. The van der Waals surface area contributed by atoms with Crippen LogP contribution in [0, 0.1) is 13.8 Å². The first kappa shape index (κ1) is 21.1. The number of amides is 2. The molecule has 1 rings (SSSR count). The average Bonchev–Trinajstić information content (AvgIpc) is 2.48. The Bertz CT molecular complexity index is 729. The maximum atomic E-state index is 12.5. The second kappa shape index (κ2) is 8.96. The molecule has 0 heterocycles. The van der Waals surface area contributed by atoms with Crippen LogP contribution in [0.3, 0.4) is 0 Å². The van der Waals surface area contributed by atoms with Crippen LogP contribution < -0.4 is 10.6 Å². The van der Waals surface area contributed by atoms with Crippen LogP contribution in [-0.2, 0) is 19.6 Å². The van der Waals surface area contributed by atoms with Gasteiger partial charge in [0, 0.05) is 26.1 Å². The van der Waals surface area contributed by atoms with E-state index in [2.05, 4.69) is 10.6 Å². The van der Waals surface area contributed by atoms with Gasteiger partial charge in [0.05, 0.1) is 11.4 Å². The van der Waals surface area contributed by atoms with Gasteiger partial charge in [0.25, 0.3) is 0 Å². The van der Waals surface area contributed by atoms with Gasteiger partial charge < -0.3 is 10.6 Å². The number of sulfonamides is 1. The molecule has 0 fully saturated rings. The number of aryl methyl sites for hydroxylation is 2. The van der Waals surface area contributed by atoms with Gasteiger partial charge >= 0.3 is 0 Å². The van der Waals surface area contributed by atoms with Gasteiger partial charge in [-0.15, -0.1) is 0 Å². The van der Waals surface area contributed by atoms with Gasteiger partial charge in [-0.3, -0.25) is 9.59 Å². The lowest BCUT2D eigenvalue weighted by Gasteiger charge is -2.17. The van der Waals surface area contributed by atoms with Crippen LogP contribution in [0.1, 0.15) is 31.4 Å². The molecule has 8 heteroatoms. The molecule has 2 amide bonds. The zero-order valence-corrected chi connectivity index (χ0v) is 16.2. The van der Waals surface area contributed by atoms with Crippen molar-refractivity contribution in [3.05, 3.63) is 29.3 Å². The van der Waals surface area contributed by atoms with E-state index in [4.69, 9.17) is 0 Å². The maximum Gasteiger partial charge on any atom is 0.243 e. The summed E-state index contributed by atoms with van der Waals surface area (Å²) in [7, 11) is -2.38. The van der Waals surface area contributed by atoms with Crippen LogP contribution in [-0.4, -0.2) is 50.7 Å². The lowest BCUT2D eigenvalue weighted by Crippen LogP contribution is -2.40. The summed E-state index contributed by atoms with van der Waals surface area (Å²) in [6, 6.07) is 4.90. The van der Waals surface area contributed by atoms with Crippen molar-refractivity contribution in [3.63, 3.8) is 0 Å². The molecule has 0 saturated carbocycles. The number of nitrogens with one attached hydrogen (secondary N) is 2. The number of likely N-dealkylation sites (N-methyl/N-ethyl adjacent to an activating group) is 1. The number of hydrogen-bond acceptors (Lipinski definition) is 4. The first-order chi connectivity index (χ1) is 11.5. The molecule has 1 aromatic rings. The summed E-state index contributed by atoms with van der Waals surface area (Å²) in [5.74, 6) is -0.612. The van der Waals surface area contributed by atoms with Crippen molar-refractivity contribution in [2.75, 3.05) is 20.1 Å². The minimum Gasteiger partial charge on any atom is -0.354 e. The van der Waals surface area contributed by atoms with E-state index in [9.17, 15) is 18.0 Å². The maximum absolute atomic E-state index is 12.5. The summed E-state index contributed by atoms with van der Waals surface area (Å²) in [4.78, 5) is 23.6. The van der Waals surface area contributed by atoms with Crippen molar-refractivity contribution >= 4 is 21.8 Å². The summed E-state index contributed by atoms with van der Waals surface area (Å²) in [6.07, 6.45) is 0.150. The second-order valence-corrected chi connectivity index (χ2v) is 8.37. The molecular formula is C17H27N3O4S. The van der Waals surface area contributed by atoms with Gasteiger partial charge in [-0.05, 0) is 51.0 Å². The fourth-order valence-corrected chi connectivity index (χ4v) is 3.32. The Morgan fingerprint density at radius 1 is 1.12 bits per heavy atom. The third-order valence-corrected chi connectivity index (χ3v) is 5.48. The topological polar surface area (TPSA) is 95.6 Å². The van der Waals surface area contributed by atoms with E-state index in [0.717, 1.165) is 15.4 Å². The van der Waals surface area contributed by atoms with E-state index in [1.54, 1.807) is 12.1 Å². The van der Waals surface area contributed by atoms with Gasteiger partial charge in [-0.1, -0.05) is 6.07 Å². The van der Waals surface area contributed by atoms with Crippen molar-refractivity contribution in [2.45, 2.75) is 45.1 Å². The molecule has 0 saturated heterocycles. The molecule has 0 radical (unpaired) electrons. The Hall–Kier alpha value is -1.93. The van der Waals surface area contributed by atoms with Crippen LogP contribution in [0.4, 0.5) is 0 Å². The van der Waals surface area contributed by atoms with Crippen LogP contribution in [0.5, 0.6) is 0 Å². The molecule has 0 bridgehead atoms. The van der Waals surface area contributed by atoms with Crippen molar-refractivity contribution < 1.29 is 18.0 Å². The van der Waals surface area contributed by atoms with Crippen molar-refractivity contribution in [1.82, 2.24) is 14.9 Å². The molecule has 0 aromatic heterocycles. The van der Waals surface area contributed by atoms with Crippen molar-refractivity contribution in [3.8, 4) is 0 Å². The Morgan fingerprint density at radius 3 is 2.32 bits per heavy atom. The zero-order chi connectivity index (χ0) is 19.2. The van der Waals surface area contributed by atoms with Crippen LogP contribution >= 0.6 is 0 Å². The van der Waals surface area contributed by atoms with E-state index in [-0.39, 0.29) is 36.4 Å². The standard InChI is InChI=1S/C17H27N3O4S/c1-12(2)19-16(21)8-9-18-17(22)11-20(5)25(23,24)15-7-6-13(3)14(4)10-15/h6-7,10,12H,8-9,11H2,1-5H3,(H,18,22)(H,19,21). The third kappa shape index (κ3) is 6.47. The second-order valence-electron chi connectivity index (χ2n) is 6.33. The normalized spacial score (nSPS) is 11.6. The minimum atomic E-state index is -3.74.